The van der Waals surface area contributed by atoms with Crippen molar-refractivity contribution in [2.24, 2.45) is 5.92 Å². The van der Waals surface area contributed by atoms with E-state index in [1.165, 1.54) is 0 Å². The molecule has 2 saturated heterocycles. The van der Waals surface area contributed by atoms with Crippen molar-refractivity contribution in [1.82, 2.24) is 0 Å². The summed E-state index contributed by atoms with van der Waals surface area (Å²) < 4.78 is 27.2. The Morgan fingerprint density at radius 2 is 1.64 bits per heavy atom. The van der Waals surface area contributed by atoms with E-state index < -0.39 is 46.6 Å². The summed E-state index contributed by atoms with van der Waals surface area (Å²) >= 11 is 17.3. The van der Waals surface area contributed by atoms with Crippen molar-refractivity contribution in [2.75, 3.05) is 6.61 Å². The lowest BCUT2D eigenvalue weighted by Gasteiger charge is -2.48. The van der Waals surface area contributed by atoms with Gasteiger partial charge in [0.1, 0.15) is 6.10 Å². The van der Waals surface area contributed by atoms with E-state index in [0.717, 1.165) is 5.56 Å². The molecule has 1 N–H and O–H groups in total. The van der Waals surface area contributed by atoms with Crippen LogP contribution in [0.5, 0.6) is 0 Å². The Balaban J connectivity index is 1.56. The minimum absolute atomic E-state index is 0.203. The molecule has 10 heteroatoms. The monoisotopic (exact) mass is 513 g/mol. The number of hydrogen-bond donors (Lipinski definition) is 1. The van der Waals surface area contributed by atoms with Gasteiger partial charge in [0.2, 0.25) is 12.2 Å². The molecule has 6 atom stereocenters. The first-order valence-electron chi connectivity index (χ1n) is 10.3. The van der Waals surface area contributed by atoms with Gasteiger partial charge in [-0.2, -0.15) is 0 Å². The maximum Gasteiger partial charge on any atom is 0.338 e. The minimum Gasteiger partial charge on any atom is -0.452 e. The van der Waals surface area contributed by atoms with Gasteiger partial charge < -0.3 is 23.7 Å². The van der Waals surface area contributed by atoms with Crippen LogP contribution in [-0.4, -0.2) is 46.9 Å². The maximum absolute atomic E-state index is 12.8. The van der Waals surface area contributed by atoms with Crippen LogP contribution in [0.3, 0.4) is 0 Å². The molecule has 0 aliphatic carbocycles. The van der Waals surface area contributed by atoms with Crippen molar-refractivity contribution in [3.05, 3.63) is 71.8 Å². The molecule has 0 aromatic heterocycles. The van der Waals surface area contributed by atoms with Crippen molar-refractivity contribution in [3.63, 3.8) is 0 Å². The van der Waals surface area contributed by atoms with E-state index in [2.05, 4.69) is 0 Å². The van der Waals surface area contributed by atoms with E-state index in [4.69, 9.17) is 63.9 Å². The molecule has 2 heterocycles. The Morgan fingerprint density at radius 3 is 2.27 bits per heavy atom. The molecule has 0 spiro atoms. The third-order valence-corrected chi connectivity index (χ3v) is 6.00. The lowest BCUT2D eigenvalue weighted by Crippen LogP contribution is -2.60. The van der Waals surface area contributed by atoms with Gasteiger partial charge in [0.25, 0.3) is 3.79 Å². The van der Waals surface area contributed by atoms with Crippen LogP contribution in [0.2, 0.25) is 0 Å². The fraction of sp³-hybridized carbons (Fsp3) is 0.391. The van der Waals surface area contributed by atoms with Crippen LogP contribution < -0.4 is 0 Å². The van der Waals surface area contributed by atoms with E-state index in [-0.39, 0.29) is 12.5 Å². The summed E-state index contributed by atoms with van der Waals surface area (Å²) in [6.45, 7) is 2.06. The smallest absolute Gasteiger partial charge is 0.338 e. The van der Waals surface area contributed by atoms with Crippen LogP contribution in [-0.2, 0) is 23.7 Å². The molecule has 2 fully saturated rings. The largest absolute Gasteiger partial charge is 0.452 e. The Hall–Kier alpha value is -1.87. The van der Waals surface area contributed by atoms with Gasteiger partial charge in [-0.25, -0.2) is 4.79 Å². The zero-order chi connectivity index (χ0) is 23.6. The number of carbonyl (C=O) groups is 1. The summed E-state index contributed by atoms with van der Waals surface area (Å²) in [5.74, 6) is -1.61. The van der Waals surface area contributed by atoms with E-state index in [9.17, 15) is 4.79 Å². The van der Waals surface area contributed by atoms with E-state index >= 15 is 0 Å². The van der Waals surface area contributed by atoms with Crippen molar-refractivity contribution >= 4 is 46.7 Å². The second-order valence-electron chi connectivity index (χ2n) is 7.76. The van der Waals surface area contributed by atoms with Crippen molar-refractivity contribution in [2.45, 2.75) is 41.6 Å². The standard InChI is InChI=1S/C23H22Cl3NO6/c1-13-17-16(12-29-20(32-17)15-10-6-3-7-11-15)30-21(33-22(27)23(24,25)26)18(13)31-19(28)14-8-4-2-5-9-14/h2-11,13,16-18,20-21,27H,12H2,1H3/t13-,16?,17-,18?,20?,21-/m0/s1. The SMILES string of the molecule is C[C@@H]1C(OC(=O)c2ccccc2)[C@H](OC(=N)C(Cl)(Cl)Cl)OC2COC(c3ccccc3)O[C@H]21. The molecule has 2 aromatic carbocycles. The lowest BCUT2D eigenvalue weighted by molar-refractivity contribution is -0.341. The molecular formula is C23H22Cl3NO6. The highest BCUT2D eigenvalue weighted by molar-refractivity contribution is 6.76. The zero-order valence-corrected chi connectivity index (χ0v) is 19.8. The molecule has 4 rings (SSSR count). The number of alkyl halides is 3. The van der Waals surface area contributed by atoms with Crippen molar-refractivity contribution < 1.29 is 28.5 Å². The van der Waals surface area contributed by atoms with Crippen LogP contribution in [0.15, 0.2) is 60.7 Å². The normalized spacial score (nSPS) is 29.6. The third kappa shape index (κ3) is 5.62. The second-order valence-corrected chi connectivity index (χ2v) is 10.0. The summed E-state index contributed by atoms with van der Waals surface area (Å²) in [4.78, 5) is 12.8. The molecule has 2 aromatic rings. The number of fused-ring (bicyclic) bond motifs is 1. The molecular weight excluding hydrogens is 493 g/mol. The summed E-state index contributed by atoms with van der Waals surface area (Å²) in [5.41, 5.74) is 1.22. The number of benzene rings is 2. The Morgan fingerprint density at radius 1 is 1.00 bits per heavy atom. The number of ether oxygens (including phenoxy) is 5. The average molecular weight is 515 g/mol. The van der Waals surface area contributed by atoms with Crippen LogP contribution >= 0.6 is 34.8 Å². The fourth-order valence-electron chi connectivity index (χ4n) is 3.80. The molecule has 2 aliphatic rings. The predicted molar refractivity (Wildman–Crippen MR) is 123 cm³/mol. The number of halogens is 3. The zero-order valence-electron chi connectivity index (χ0n) is 17.5. The maximum atomic E-state index is 12.8. The molecule has 0 amide bonds. The molecule has 0 bridgehead atoms. The first-order valence-corrected chi connectivity index (χ1v) is 11.4. The molecule has 3 unspecified atom stereocenters. The van der Waals surface area contributed by atoms with Crippen LogP contribution in [0, 0.1) is 11.3 Å². The quantitative estimate of drug-likeness (QED) is 0.266. The van der Waals surface area contributed by atoms with Gasteiger partial charge in [-0.1, -0.05) is 90.3 Å². The van der Waals surface area contributed by atoms with Gasteiger partial charge in [0.15, 0.2) is 12.4 Å². The van der Waals surface area contributed by atoms with Crippen molar-refractivity contribution in [1.29, 1.82) is 5.41 Å². The molecule has 33 heavy (non-hydrogen) atoms. The highest BCUT2D eigenvalue weighted by Gasteiger charge is 2.51. The van der Waals surface area contributed by atoms with Gasteiger partial charge in [-0.3, -0.25) is 5.41 Å². The molecule has 0 saturated carbocycles. The minimum atomic E-state index is -2.10. The topological polar surface area (TPSA) is 87.1 Å². The van der Waals surface area contributed by atoms with Gasteiger partial charge in [-0.05, 0) is 12.1 Å². The highest BCUT2D eigenvalue weighted by Crippen LogP contribution is 2.39. The Bertz CT molecular complexity index is 971. The molecule has 7 nitrogen and oxygen atoms in total. The molecule has 2 aliphatic heterocycles. The third-order valence-electron chi connectivity index (χ3n) is 5.49. The average Bonchev–Trinajstić information content (AvgIpc) is 2.81. The van der Waals surface area contributed by atoms with E-state index in [0.29, 0.717) is 5.56 Å². The number of rotatable bonds is 4. The summed E-state index contributed by atoms with van der Waals surface area (Å²) in [7, 11) is 0. The summed E-state index contributed by atoms with van der Waals surface area (Å²) in [5, 5.41) is 7.95. The molecule has 176 valence electrons. The van der Waals surface area contributed by atoms with Crippen LogP contribution in [0.4, 0.5) is 0 Å². The number of nitrogens with one attached hydrogen (secondary N) is 1. The predicted octanol–water partition coefficient (Wildman–Crippen LogP) is 5.05. The highest BCUT2D eigenvalue weighted by atomic mass is 35.6. The number of esters is 1. The summed E-state index contributed by atoms with van der Waals surface area (Å²) in [6.07, 6.45) is -3.75. The van der Waals surface area contributed by atoms with Crippen molar-refractivity contribution in [3.8, 4) is 0 Å². The number of hydrogen-bond acceptors (Lipinski definition) is 7. The Kier molecular flexibility index (Phi) is 7.48. The van der Waals surface area contributed by atoms with Crippen LogP contribution in [0.1, 0.15) is 29.1 Å². The molecule has 0 radical (unpaired) electrons. The second kappa shape index (κ2) is 10.2. The first-order chi connectivity index (χ1) is 15.7. The lowest BCUT2D eigenvalue weighted by atomic mass is 9.89. The van der Waals surface area contributed by atoms with Gasteiger partial charge >= 0.3 is 5.97 Å². The van der Waals surface area contributed by atoms with E-state index in [1.54, 1.807) is 30.3 Å². The first kappa shape index (κ1) is 24.3. The van der Waals surface area contributed by atoms with Crippen LogP contribution in [0.25, 0.3) is 0 Å². The van der Waals surface area contributed by atoms with E-state index in [1.807, 2.05) is 37.3 Å². The summed E-state index contributed by atoms with van der Waals surface area (Å²) in [6, 6.07) is 18.0. The van der Waals surface area contributed by atoms with Gasteiger partial charge in [0.05, 0.1) is 18.3 Å². The number of carbonyl (C=O) groups excluding carboxylic acids is 1. The fourth-order valence-corrected chi connectivity index (χ4v) is 3.94. The Labute approximate surface area is 206 Å². The van der Waals surface area contributed by atoms with Gasteiger partial charge in [0, 0.05) is 11.5 Å². The van der Waals surface area contributed by atoms with Gasteiger partial charge in [-0.15, -0.1) is 0 Å².